The fourth-order valence-corrected chi connectivity index (χ4v) is 2.79. The lowest BCUT2D eigenvalue weighted by Gasteiger charge is -2.09. The third kappa shape index (κ3) is 3.20. The maximum absolute atomic E-state index is 12.1. The normalized spacial score (nSPS) is 11.1. The first-order valence-corrected chi connectivity index (χ1v) is 7.28. The van der Waals surface area contributed by atoms with Crippen LogP contribution in [-0.4, -0.2) is 23.4 Å². The Balaban J connectivity index is 2.43. The molecule has 0 radical (unpaired) electrons. The van der Waals surface area contributed by atoms with Gasteiger partial charge in [0.1, 0.15) is 0 Å². The van der Waals surface area contributed by atoms with Gasteiger partial charge in [0, 0.05) is 12.3 Å². The van der Waals surface area contributed by atoms with Crippen LogP contribution in [-0.2, 0) is 10.0 Å². The number of nitrogens with one attached hydrogen (secondary N) is 1. The summed E-state index contributed by atoms with van der Waals surface area (Å²) in [5, 5.41) is 20.0. The topological polar surface area (TPSA) is 122 Å². The second-order valence-corrected chi connectivity index (χ2v) is 5.90. The van der Waals surface area contributed by atoms with Crippen molar-refractivity contribution in [3.8, 4) is 5.75 Å². The van der Waals surface area contributed by atoms with Crippen LogP contribution in [0.2, 0.25) is 5.15 Å². The molecule has 0 saturated carbocycles. The average molecular weight is 330 g/mol. The van der Waals surface area contributed by atoms with Crippen molar-refractivity contribution < 1.29 is 18.4 Å². The van der Waals surface area contributed by atoms with Gasteiger partial charge in [0.15, 0.2) is 10.9 Å². The predicted octanol–water partition coefficient (Wildman–Crippen LogP) is 2.15. The van der Waals surface area contributed by atoms with Crippen molar-refractivity contribution in [3.05, 3.63) is 51.8 Å². The number of hydrogen-bond donors (Lipinski definition) is 2. The molecule has 0 aliphatic carbocycles. The highest BCUT2D eigenvalue weighted by atomic mass is 35.5. The second-order valence-electron chi connectivity index (χ2n) is 3.85. The number of nitro groups is 1. The highest BCUT2D eigenvalue weighted by Gasteiger charge is 2.22. The van der Waals surface area contributed by atoms with Gasteiger partial charge in [-0.3, -0.25) is 14.8 Å². The molecule has 0 saturated heterocycles. The lowest BCUT2D eigenvalue weighted by molar-refractivity contribution is -0.386. The van der Waals surface area contributed by atoms with Crippen LogP contribution >= 0.6 is 11.6 Å². The Labute approximate surface area is 124 Å². The van der Waals surface area contributed by atoms with E-state index in [9.17, 15) is 23.6 Å². The standard InChI is InChI=1S/C11H8ClN3O5S/c12-11-8(2-1-5-13-11)14-21(19,20)7-3-4-10(16)9(6-7)15(17)18/h1-6,14,16H. The van der Waals surface area contributed by atoms with Crippen molar-refractivity contribution in [2.75, 3.05) is 4.72 Å². The quantitative estimate of drug-likeness (QED) is 0.503. The van der Waals surface area contributed by atoms with E-state index in [0.29, 0.717) is 0 Å². The van der Waals surface area contributed by atoms with Crippen LogP contribution in [0.1, 0.15) is 0 Å². The molecule has 1 aromatic heterocycles. The highest BCUT2D eigenvalue weighted by Crippen LogP contribution is 2.29. The minimum atomic E-state index is -4.10. The van der Waals surface area contributed by atoms with Gasteiger partial charge in [-0.2, -0.15) is 0 Å². The number of sulfonamides is 1. The number of halogens is 1. The smallest absolute Gasteiger partial charge is 0.312 e. The van der Waals surface area contributed by atoms with Crippen molar-refractivity contribution in [3.63, 3.8) is 0 Å². The molecule has 0 aliphatic rings. The van der Waals surface area contributed by atoms with Crippen LogP contribution in [0, 0.1) is 10.1 Å². The number of hydrogen-bond acceptors (Lipinski definition) is 6. The number of aromatic nitrogens is 1. The zero-order valence-corrected chi connectivity index (χ0v) is 11.8. The van der Waals surface area contributed by atoms with E-state index in [2.05, 4.69) is 9.71 Å². The summed E-state index contributed by atoms with van der Waals surface area (Å²) in [5.74, 6) is -0.627. The summed E-state index contributed by atoms with van der Waals surface area (Å²) in [6, 6.07) is 5.58. The Morgan fingerprint density at radius 2 is 2.05 bits per heavy atom. The maximum atomic E-state index is 12.1. The van der Waals surface area contributed by atoms with E-state index in [1.54, 1.807) is 0 Å². The number of benzene rings is 1. The van der Waals surface area contributed by atoms with Crippen LogP contribution in [0.4, 0.5) is 11.4 Å². The van der Waals surface area contributed by atoms with E-state index in [-0.39, 0.29) is 15.7 Å². The van der Waals surface area contributed by atoms with Gasteiger partial charge in [-0.15, -0.1) is 0 Å². The van der Waals surface area contributed by atoms with E-state index >= 15 is 0 Å². The molecule has 21 heavy (non-hydrogen) atoms. The van der Waals surface area contributed by atoms with E-state index in [0.717, 1.165) is 18.2 Å². The molecule has 0 amide bonds. The summed E-state index contributed by atoms with van der Waals surface area (Å²) in [6.07, 6.45) is 1.38. The van der Waals surface area contributed by atoms with E-state index in [4.69, 9.17) is 11.6 Å². The molecule has 8 nitrogen and oxygen atoms in total. The van der Waals surface area contributed by atoms with Crippen LogP contribution < -0.4 is 4.72 Å². The molecule has 2 rings (SSSR count). The molecule has 0 aliphatic heterocycles. The van der Waals surface area contributed by atoms with Crippen molar-refractivity contribution in [1.29, 1.82) is 0 Å². The minimum absolute atomic E-state index is 0.0369. The number of anilines is 1. The van der Waals surface area contributed by atoms with Crippen LogP contribution in [0.5, 0.6) is 5.75 Å². The van der Waals surface area contributed by atoms with E-state index < -0.39 is 26.4 Å². The van der Waals surface area contributed by atoms with Gasteiger partial charge in [-0.25, -0.2) is 13.4 Å². The SMILES string of the molecule is O=[N+]([O-])c1cc(S(=O)(=O)Nc2cccnc2Cl)ccc1O. The number of pyridine rings is 1. The number of rotatable bonds is 4. The summed E-state index contributed by atoms with van der Waals surface area (Å²) in [5.41, 5.74) is -0.676. The first-order chi connectivity index (χ1) is 9.81. The molecule has 0 spiro atoms. The van der Waals surface area contributed by atoms with Crippen LogP contribution in [0.15, 0.2) is 41.4 Å². The van der Waals surface area contributed by atoms with Crippen molar-refractivity contribution >= 4 is 33.0 Å². The Morgan fingerprint density at radius 3 is 2.67 bits per heavy atom. The molecule has 0 atom stereocenters. The maximum Gasteiger partial charge on any atom is 0.312 e. The fourth-order valence-electron chi connectivity index (χ4n) is 1.48. The van der Waals surface area contributed by atoms with Crippen molar-refractivity contribution in [1.82, 2.24) is 4.98 Å². The molecular formula is C11H8ClN3O5S. The Bertz CT molecular complexity index is 809. The molecular weight excluding hydrogens is 322 g/mol. The van der Waals surface area contributed by atoms with Gasteiger partial charge in [0.2, 0.25) is 0 Å². The lowest BCUT2D eigenvalue weighted by Crippen LogP contribution is -2.13. The highest BCUT2D eigenvalue weighted by molar-refractivity contribution is 7.92. The molecule has 10 heteroatoms. The molecule has 0 bridgehead atoms. The summed E-state index contributed by atoms with van der Waals surface area (Å²) in [7, 11) is -4.10. The third-order valence-electron chi connectivity index (χ3n) is 2.46. The number of aromatic hydroxyl groups is 1. The largest absolute Gasteiger partial charge is 0.502 e. The van der Waals surface area contributed by atoms with E-state index in [1.165, 1.54) is 18.3 Å². The number of phenolic OH excluding ortho intramolecular Hbond substituents is 1. The Kier molecular flexibility index (Phi) is 3.96. The van der Waals surface area contributed by atoms with Gasteiger partial charge >= 0.3 is 5.69 Å². The van der Waals surface area contributed by atoms with Gasteiger partial charge in [0.05, 0.1) is 15.5 Å². The average Bonchev–Trinajstić information content (AvgIpc) is 2.41. The van der Waals surface area contributed by atoms with Crippen LogP contribution in [0.25, 0.3) is 0 Å². The molecule has 1 aromatic carbocycles. The molecule has 110 valence electrons. The summed E-state index contributed by atoms with van der Waals surface area (Å²) in [4.78, 5) is 13.2. The second kappa shape index (κ2) is 5.54. The van der Waals surface area contributed by atoms with Gasteiger partial charge in [-0.1, -0.05) is 11.6 Å². The molecule has 0 unspecified atom stereocenters. The van der Waals surface area contributed by atoms with Crippen molar-refractivity contribution in [2.24, 2.45) is 0 Å². The Morgan fingerprint density at radius 1 is 1.33 bits per heavy atom. The monoisotopic (exact) mass is 329 g/mol. The zero-order chi connectivity index (χ0) is 15.6. The van der Waals surface area contributed by atoms with Crippen LogP contribution in [0.3, 0.4) is 0 Å². The number of phenols is 1. The first kappa shape index (κ1) is 15.0. The van der Waals surface area contributed by atoms with Gasteiger partial charge in [0.25, 0.3) is 10.0 Å². The lowest BCUT2D eigenvalue weighted by atomic mass is 10.3. The Hall–Kier alpha value is -2.39. The summed E-state index contributed by atoms with van der Waals surface area (Å²) >= 11 is 5.74. The fraction of sp³-hybridized carbons (Fsp3) is 0. The molecule has 2 aromatic rings. The third-order valence-corrected chi connectivity index (χ3v) is 4.12. The molecule has 1 heterocycles. The number of nitro benzene ring substituents is 1. The van der Waals surface area contributed by atoms with Gasteiger partial charge < -0.3 is 5.11 Å². The van der Waals surface area contributed by atoms with E-state index in [1.807, 2.05) is 0 Å². The van der Waals surface area contributed by atoms with Gasteiger partial charge in [-0.05, 0) is 24.3 Å². The number of nitrogens with zero attached hydrogens (tertiary/aromatic N) is 2. The minimum Gasteiger partial charge on any atom is -0.502 e. The van der Waals surface area contributed by atoms with Crippen molar-refractivity contribution in [2.45, 2.75) is 4.90 Å². The first-order valence-electron chi connectivity index (χ1n) is 5.42. The molecule has 2 N–H and O–H groups in total. The summed E-state index contributed by atoms with van der Waals surface area (Å²) < 4.78 is 26.4. The zero-order valence-electron chi connectivity index (χ0n) is 10.2. The summed E-state index contributed by atoms with van der Waals surface area (Å²) in [6.45, 7) is 0. The molecule has 0 fully saturated rings. The predicted molar refractivity (Wildman–Crippen MR) is 74.8 cm³/mol.